The molecule has 2 heterocycles. The van der Waals surface area contributed by atoms with Crippen molar-refractivity contribution in [3.63, 3.8) is 0 Å². The van der Waals surface area contributed by atoms with Gasteiger partial charge in [-0.1, -0.05) is 18.2 Å². The second-order valence-electron chi connectivity index (χ2n) is 4.51. The van der Waals surface area contributed by atoms with Crippen LogP contribution in [0.25, 0.3) is 10.8 Å². The summed E-state index contributed by atoms with van der Waals surface area (Å²) >= 11 is 1.72. The number of pyridine rings is 1. The Labute approximate surface area is 116 Å². The summed E-state index contributed by atoms with van der Waals surface area (Å²) in [7, 11) is 0. The molecule has 0 saturated carbocycles. The first-order valence-electron chi connectivity index (χ1n) is 6.14. The van der Waals surface area contributed by atoms with Gasteiger partial charge in [0.1, 0.15) is 0 Å². The van der Waals surface area contributed by atoms with Crippen LogP contribution in [-0.4, -0.2) is 4.98 Å². The molecular weight excluding hydrogens is 254 g/mol. The van der Waals surface area contributed by atoms with Gasteiger partial charge in [0.05, 0.1) is 6.04 Å². The molecule has 0 aliphatic carbocycles. The monoisotopic (exact) mass is 269 g/mol. The minimum absolute atomic E-state index is 0.00731. The Bertz CT molecular complexity index is 700. The highest BCUT2D eigenvalue weighted by molar-refractivity contribution is 7.10. The topological polar surface area (TPSA) is 50.9 Å². The molecule has 1 atom stereocenters. The SMILES string of the molecule is Cc1ccsc1C(NN)c1cccc2ccncc12. The number of nitrogens with zero attached hydrogens (tertiary/aromatic N) is 1. The van der Waals surface area contributed by atoms with Crippen LogP contribution in [0, 0.1) is 6.92 Å². The van der Waals surface area contributed by atoms with E-state index in [1.807, 2.05) is 18.5 Å². The molecule has 0 aliphatic heterocycles. The van der Waals surface area contributed by atoms with Crippen LogP contribution in [0.1, 0.15) is 22.0 Å². The van der Waals surface area contributed by atoms with Crippen LogP contribution in [0.3, 0.4) is 0 Å². The van der Waals surface area contributed by atoms with Crippen molar-refractivity contribution in [2.24, 2.45) is 5.84 Å². The third-order valence-corrected chi connectivity index (χ3v) is 4.44. The standard InChI is InChI=1S/C15H15N3S/c1-10-6-8-19-15(10)14(18-16)12-4-2-3-11-5-7-17-9-13(11)12/h2-9,14,18H,16H2,1H3. The van der Waals surface area contributed by atoms with Gasteiger partial charge in [-0.25, -0.2) is 5.43 Å². The van der Waals surface area contributed by atoms with Crippen LogP contribution in [0.4, 0.5) is 0 Å². The van der Waals surface area contributed by atoms with Gasteiger partial charge in [-0.3, -0.25) is 10.8 Å². The summed E-state index contributed by atoms with van der Waals surface area (Å²) < 4.78 is 0. The third kappa shape index (κ3) is 2.14. The number of thiophene rings is 1. The van der Waals surface area contributed by atoms with E-state index in [1.165, 1.54) is 21.4 Å². The average Bonchev–Trinajstić information content (AvgIpc) is 2.86. The van der Waals surface area contributed by atoms with Gasteiger partial charge in [0.15, 0.2) is 0 Å². The molecule has 0 amide bonds. The number of nitrogens with one attached hydrogen (secondary N) is 1. The molecule has 2 aromatic heterocycles. The molecule has 0 fully saturated rings. The number of nitrogens with two attached hydrogens (primary N) is 1. The lowest BCUT2D eigenvalue weighted by atomic mass is 9.98. The van der Waals surface area contributed by atoms with Crippen molar-refractivity contribution in [2.75, 3.05) is 0 Å². The summed E-state index contributed by atoms with van der Waals surface area (Å²) in [6.07, 6.45) is 3.71. The van der Waals surface area contributed by atoms with Crippen LogP contribution < -0.4 is 11.3 Å². The molecule has 1 aromatic carbocycles. The Morgan fingerprint density at radius 2 is 2.16 bits per heavy atom. The summed E-state index contributed by atoms with van der Waals surface area (Å²) in [5, 5.41) is 4.42. The molecule has 96 valence electrons. The van der Waals surface area contributed by atoms with Gasteiger partial charge >= 0.3 is 0 Å². The predicted molar refractivity (Wildman–Crippen MR) is 80.0 cm³/mol. The van der Waals surface area contributed by atoms with E-state index in [1.54, 1.807) is 11.3 Å². The summed E-state index contributed by atoms with van der Waals surface area (Å²) in [6.45, 7) is 2.11. The summed E-state index contributed by atoms with van der Waals surface area (Å²) in [5.74, 6) is 5.79. The Morgan fingerprint density at radius 3 is 2.89 bits per heavy atom. The quantitative estimate of drug-likeness (QED) is 0.567. The van der Waals surface area contributed by atoms with Crippen LogP contribution in [0.2, 0.25) is 0 Å². The van der Waals surface area contributed by atoms with E-state index in [9.17, 15) is 0 Å². The fraction of sp³-hybridized carbons (Fsp3) is 0.133. The zero-order chi connectivity index (χ0) is 13.2. The van der Waals surface area contributed by atoms with E-state index >= 15 is 0 Å². The second-order valence-corrected chi connectivity index (χ2v) is 5.46. The zero-order valence-electron chi connectivity index (χ0n) is 10.6. The summed E-state index contributed by atoms with van der Waals surface area (Å²) in [4.78, 5) is 5.48. The smallest absolute Gasteiger partial charge is 0.0811 e. The molecule has 4 heteroatoms. The first-order valence-corrected chi connectivity index (χ1v) is 7.02. The van der Waals surface area contributed by atoms with Gasteiger partial charge in [0.2, 0.25) is 0 Å². The lowest BCUT2D eigenvalue weighted by molar-refractivity contribution is 0.648. The van der Waals surface area contributed by atoms with E-state index in [-0.39, 0.29) is 6.04 Å². The van der Waals surface area contributed by atoms with Crippen LogP contribution in [-0.2, 0) is 0 Å². The van der Waals surface area contributed by atoms with Gasteiger partial charge in [-0.2, -0.15) is 0 Å². The van der Waals surface area contributed by atoms with E-state index < -0.39 is 0 Å². The fourth-order valence-corrected chi connectivity index (χ4v) is 3.38. The fourth-order valence-electron chi connectivity index (χ4n) is 2.38. The number of hydrogen-bond acceptors (Lipinski definition) is 4. The highest BCUT2D eigenvalue weighted by Crippen LogP contribution is 2.32. The summed E-state index contributed by atoms with van der Waals surface area (Å²) in [6, 6.07) is 10.4. The van der Waals surface area contributed by atoms with Crippen molar-refractivity contribution >= 4 is 22.1 Å². The van der Waals surface area contributed by atoms with Gasteiger partial charge in [-0.05, 0) is 40.9 Å². The number of aryl methyl sites for hydroxylation is 1. The van der Waals surface area contributed by atoms with Crippen LogP contribution in [0.5, 0.6) is 0 Å². The Hall–Kier alpha value is -1.75. The second kappa shape index (κ2) is 5.09. The maximum Gasteiger partial charge on any atom is 0.0811 e. The van der Waals surface area contributed by atoms with Crippen molar-refractivity contribution in [3.8, 4) is 0 Å². The van der Waals surface area contributed by atoms with Gasteiger partial charge in [0, 0.05) is 22.7 Å². The minimum atomic E-state index is 0.00731. The van der Waals surface area contributed by atoms with Gasteiger partial charge in [0.25, 0.3) is 0 Å². The zero-order valence-corrected chi connectivity index (χ0v) is 11.4. The normalized spacial score (nSPS) is 12.7. The average molecular weight is 269 g/mol. The molecule has 3 nitrogen and oxygen atoms in total. The molecule has 0 aliphatic rings. The van der Waals surface area contributed by atoms with Crippen LogP contribution >= 0.6 is 11.3 Å². The van der Waals surface area contributed by atoms with Crippen molar-refractivity contribution in [1.82, 2.24) is 10.4 Å². The van der Waals surface area contributed by atoms with Gasteiger partial charge in [-0.15, -0.1) is 11.3 Å². The Balaban J connectivity index is 2.20. The van der Waals surface area contributed by atoms with Crippen molar-refractivity contribution < 1.29 is 0 Å². The van der Waals surface area contributed by atoms with E-state index in [2.05, 4.69) is 47.0 Å². The summed E-state index contributed by atoms with van der Waals surface area (Å²) in [5.41, 5.74) is 5.36. The van der Waals surface area contributed by atoms with E-state index in [0.717, 1.165) is 5.39 Å². The number of aromatic nitrogens is 1. The van der Waals surface area contributed by atoms with E-state index in [0.29, 0.717) is 0 Å². The molecule has 0 bridgehead atoms. The molecule has 0 spiro atoms. The molecule has 3 aromatic rings. The number of hydrogen-bond donors (Lipinski definition) is 2. The Kier molecular flexibility index (Phi) is 3.29. The predicted octanol–water partition coefficient (Wildman–Crippen LogP) is 3.16. The van der Waals surface area contributed by atoms with Crippen LogP contribution in [0.15, 0.2) is 48.1 Å². The molecule has 0 radical (unpaired) electrons. The van der Waals surface area contributed by atoms with Crippen molar-refractivity contribution in [2.45, 2.75) is 13.0 Å². The number of hydrazine groups is 1. The Morgan fingerprint density at radius 1 is 1.26 bits per heavy atom. The molecule has 1 unspecified atom stereocenters. The molecule has 19 heavy (non-hydrogen) atoms. The first kappa shape index (κ1) is 12.3. The molecular formula is C15H15N3S. The largest absolute Gasteiger partial charge is 0.271 e. The third-order valence-electron chi connectivity index (χ3n) is 3.36. The molecule has 3 N–H and O–H groups in total. The highest BCUT2D eigenvalue weighted by Gasteiger charge is 2.18. The number of fused-ring (bicyclic) bond motifs is 1. The van der Waals surface area contributed by atoms with Crippen molar-refractivity contribution in [3.05, 3.63) is 64.1 Å². The number of benzene rings is 1. The minimum Gasteiger partial charge on any atom is -0.271 e. The van der Waals surface area contributed by atoms with E-state index in [4.69, 9.17) is 5.84 Å². The maximum absolute atomic E-state index is 5.79. The lowest BCUT2D eigenvalue weighted by Crippen LogP contribution is -2.28. The highest BCUT2D eigenvalue weighted by atomic mass is 32.1. The lowest BCUT2D eigenvalue weighted by Gasteiger charge is -2.18. The maximum atomic E-state index is 5.79. The number of rotatable bonds is 3. The van der Waals surface area contributed by atoms with Crippen molar-refractivity contribution in [1.29, 1.82) is 0 Å². The van der Waals surface area contributed by atoms with Gasteiger partial charge < -0.3 is 0 Å². The first-order chi connectivity index (χ1) is 9.31. The molecule has 3 rings (SSSR count). The molecule has 0 saturated heterocycles.